The van der Waals surface area contributed by atoms with Crippen LogP contribution in [0.4, 0.5) is 0 Å². The molecule has 0 radical (unpaired) electrons. The van der Waals surface area contributed by atoms with Crippen molar-refractivity contribution in [2.75, 3.05) is 20.6 Å². The Morgan fingerprint density at radius 3 is 2.79 bits per heavy atom. The molecule has 104 valence electrons. The predicted octanol–water partition coefficient (Wildman–Crippen LogP) is 0.880. The van der Waals surface area contributed by atoms with E-state index in [1.807, 2.05) is 36.6 Å². The second-order valence-corrected chi connectivity index (χ2v) is 5.19. The first-order valence-corrected chi connectivity index (χ1v) is 6.47. The van der Waals surface area contributed by atoms with Crippen LogP contribution in [0.15, 0.2) is 18.6 Å². The van der Waals surface area contributed by atoms with Gasteiger partial charge in [0.15, 0.2) is 0 Å². The molecule has 6 nitrogen and oxygen atoms in total. The van der Waals surface area contributed by atoms with Crippen LogP contribution >= 0.6 is 11.6 Å². The van der Waals surface area contributed by atoms with Gasteiger partial charge in [0.25, 0.3) is 0 Å². The Kier molecular flexibility index (Phi) is 4.24. The highest BCUT2D eigenvalue weighted by Gasteiger charge is 2.21. The minimum Gasteiger partial charge on any atom is -0.336 e. The standard InChI is InChI=1S/C12H19ClN6/c1-17(2)6-7-19-11(9(13)8-16-19)10(14)12-15-4-5-18(12)3/h4-5,8,10H,6-7,14H2,1-3H3. The molecule has 0 saturated heterocycles. The van der Waals surface area contributed by atoms with Crippen molar-refractivity contribution in [2.45, 2.75) is 12.6 Å². The van der Waals surface area contributed by atoms with Crippen molar-refractivity contribution in [3.8, 4) is 0 Å². The van der Waals surface area contributed by atoms with E-state index in [0.717, 1.165) is 24.6 Å². The Morgan fingerprint density at radius 1 is 1.47 bits per heavy atom. The molecule has 7 heteroatoms. The third kappa shape index (κ3) is 2.97. The Hall–Kier alpha value is -1.37. The minimum atomic E-state index is -0.378. The number of aryl methyl sites for hydroxylation is 1. The van der Waals surface area contributed by atoms with Gasteiger partial charge in [0.05, 0.1) is 23.5 Å². The maximum atomic E-state index is 6.27. The average Bonchev–Trinajstić information content (AvgIpc) is 2.92. The molecule has 0 fully saturated rings. The van der Waals surface area contributed by atoms with Gasteiger partial charge >= 0.3 is 0 Å². The number of hydrogen-bond donors (Lipinski definition) is 1. The van der Waals surface area contributed by atoms with Gasteiger partial charge in [0.2, 0.25) is 0 Å². The fraction of sp³-hybridized carbons (Fsp3) is 0.500. The van der Waals surface area contributed by atoms with Gasteiger partial charge in [-0.3, -0.25) is 4.68 Å². The zero-order valence-electron chi connectivity index (χ0n) is 11.4. The molecule has 0 aromatic carbocycles. The molecule has 2 aromatic heterocycles. The Labute approximate surface area is 117 Å². The predicted molar refractivity (Wildman–Crippen MR) is 75.0 cm³/mol. The van der Waals surface area contributed by atoms with Crippen molar-refractivity contribution in [3.05, 3.63) is 35.1 Å². The van der Waals surface area contributed by atoms with Crippen LogP contribution in [0.2, 0.25) is 5.02 Å². The molecule has 2 rings (SSSR count). The molecule has 19 heavy (non-hydrogen) atoms. The van der Waals surface area contributed by atoms with Gasteiger partial charge in [-0.05, 0) is 14.1 Å². The maximum Gasteiger partial charge on any atom is 0.131 e. The van der Waals surface area contributed by atoms with Crippen molar-refractivity contribution in [2.24, 2.45) is 12.8 Å². The van der Waals surface area contributed by atoms with E-state index >= 15 is 0 Å². The molecule has 1 unspecified atom stereocenters. The fourth-order valence-electron chi connectivity index (χ4n) is 1.95. The lowest BCUT2D eigenvalue weighted by atomic mass is 10.2. The summed E-state index contributed by atoms with van der Waals surface area (Å²) in [5.41, 5.74) is 7.08. The third-order valence-electron chi connectivity index (χ3n) is 3.02. The van der Waals surface area contributed by atoms with Gasteiger partial charge in [-0.25, -0.2) is 4.98 Å². The van der Waals surface area contributed by atoms with E-state index < -0.39 is 0 Å². The summed E-state index contributed by atoms with van der Waals surface area (Å²) >= 11 is 6.21. The second-order valence-electron chi connectivity index (χ2n) is 4.78. The van der Waals surface area contributed by atoms with E-state index in [-0.39, 0.29) is 6.04 Å². The minimum absolute atomic E-state index is 0.378. The van der Waals surface area contributed by atoms with E-state index in [4.69, 9.17) is 17.3 Å². The second kappa shape index (κ2) is 5.73. The summed E-state index contributed by atoms with van der Waals surface area (Å²) in [6, 6.07) is -0.378. The SMILES string of the molecule is CN(C)CCn1ncc(Cl)c1C(N)c1nccn1C. The van der Waals surface area contributed by atoms with Crippen molar-refractivity contribution < 1.29 is 0 Å². The number of rotatable bonds is 5. The number of nitrogens with zero attached hydrogens (tertiary/aromatic N) is 5. The molecule has 0 aliphatic heterocycles. The smallest absolute Gasteiger partial charge is 0.131 e. The fourth-order valence-corrected chi connectivity index (χ4v) is 2.21. The number of halogens is 1. The van der Waals surface area contributed by atoms with Crippen molar-refractivity contribution in [3.63, 3.8) is 0 Å². The number of nitrogens with two attached hydrogens (primary N) is 1. The molecular formula is C12H19ClN6. The average molecular weight is 283 g/mol. The lowest BCUT2D eigenvalue weighted by molar-refractivity contribution is 0.367. The van der Waals surface area contributed by atoms with Crippen molar-refractivity contribution in [1.29, 1.82) is 0 Å². The van der Waals surface area contributed by atoms with Gasteiger partial charge in [0.1, 0.15) is 11.9 Å². The molecule has 1 atom stereocenters. The molecule has 0 spiro atoms. The molecule has 2 N–H and O–H groups in total. The lowest BCUT2D eigenvalue weighted by Crippen LogP contribution is -2.25. The summed E-state index contributed by atoms with van der Waals surface area (Å²) in [4.78, 5) is 6.37. The molecule has 0 aliphatic rings. The Bertz CT molecular complexity index is 544. The van der Waals surface area contributed by atoms with E-state index in [2.05, 4.69) is 15.0 Å². The van der Waals surface area contributed by atoms with Crippen LogP contribution in [0.25, 0.3) is 0 Å². The van der Waals surface area contributed by atoms with Crippen LogP contribution in [0.3, 0.4) is 0 Å². The van der Waals surface area contributed by atoms with Crippen LogP contribution in [0.5, 0.6) is 0 Å². The summed E-state index contributed by atoms with van der Waals surface area (Å²) in [5, 5.41) is 4.87. The Morgan fingerprint density at radius 2 is 2.21 bits per heavy atom. The Balaban J connectivity index is 2.28. The maximum absolute atomic E-state index is 6.27. The van der Waals surface area contributed by atoms with Crippen LogP contribution in [-0.4, -0.2) is 44.9 Å². The molecule has 2 aromatic rings. The summed E-state index contributed by atoms with van der Waals surface area (Å²) in [7, 11) is 5.95. The van der Waals surface area contributed by atoms with E-state index in [1.165, 1.54) is 0 Å². The number of imidazole rings is 1. The van der Waals surface area contributed by atoms with Gasteiger partial charge in [-0.2, -0.15) is 5.10 Å². The first kappa shape index (κ1) is 14.0. The lowest BCUT2D eigenvalue weighted by Gasteiger charge is -2.16. The molecule has 2 heterocycles. The third-order valence-corrected chi connectivity index (χ3v) is 3.31. The zero-order valence-corrected chi connectivity index (χ0v) is 12.2. The highest BCUT2D eigenvalue weighted by Crippen LogP contribution is 2.25. The molecule has 0 amide bonds. The quantitative estimate of drug-likeness (QED) is 0.884. The summed E-state index contributed by atoms with van der Waals surface area (Å²) < 4.78 is 3.74. The highest BCUT2D eigenvalue weighted by atomic mass is 35.5. The first-order valence-electron chi connectivity index (χ1n) is 6.09. The molecule has 0 bridgehead atoms. The number of aromatic nitrogens is 4. The topological polar surface area (TPSA) is 64.9 Å². The molecule has 0 aliphatic carbocycles. The summed E-state index contributed by atoms with van der Waals surface area (Å²) in [5.74, 6) is 0.772. The normalized spacial score (nSPS) is 13.2. The van der Waals surface area contributed by atoms with E-state index in [9.17, 15) is 0 Å². The van der Waals surface area contributed by atoms with Gasteiger partial charge in [-0.1, -0.05) is 11.6 Å². The van der Waals surface area contributed by atoms with E-state index in [0.29, 0.717) is 5.02 Å². The van der Waals surface area contributed by atoms with Gasteiger partial charge in [-0.15, -0.1) is 0 Å². The van der Waals surface area contributed by atoms with Crippen LogP contribution in [0, 0.1) is 0 Å². The van der Waals surface area contributed by atoms with Crippen LogP contribution in [0.1, 0.15) is 17.6 Å². The zero-order chi connectivity index (χ0) is 14.0. The number of hydrogen-bond acceptors (Lipinski definition) is 4. The first-order chi connectivity index (χ1) is 9.00. The molecular weight excluding hydrogens is 264 g/mol. The van der Waals surface area contributed by atoms with Gasteiger partial charge in [0, 0.05) is 26.0 Å². The number of likely N-dealkylation sites (N-methyl/N-ethyl adjacent to an activating group) is 1. The monoisotopic (exact) mass is 282 g/mol. The largest absolute Gasteiger partial charge is 0.336 e. The van der Waals surface area contributed by atoms with Crippen LogP contribution in [-0.2, 0) is 13.6 Å². The van der Waals surface area contributed by atoms with E-state index in [1.54, 1.807) is 12.4 Å². The highest BCUT2D eigenvalue weighted by molar-refractivity contribution is 6.31. The van der Waals surface area contributed by atoms with Crippen molar-refractivity contribution in [1.82, 2.24) is 24.2 Å². The summed E-state index contributed by atoms with van der Waals surface area (Å²) in [6.07, 6.45) is 5.22. The summed E-state index contributed by atoms with van der Waals surface area (Å²) in [6.45, 7) is 1.62. The van der Waals surface area contributed by atoms with Gasteiger partial charge < -0.3 is 15.2 Å². The van der Waals surface area contributed by atoms with Crippen LogP contribution < -0.4 is 5.73 Å². The molecule has 0 saturated carbocycles. The van der Waals surface area contributed by atoms with Crippen molar-refractivity contribution >= 4 is 11.6 Å².